The number of rotatable bonds is 6. The quantitative estimate of drug-likeness (QED) is 0.371. The summed E-state index contributed by atoms with van der Waals surface area (Å²) in [4.78, 5) is 4.24. The minimum Gasteiger partial charge on any atom is -0.486 e. The van der Waals surface area contributed by atoms with E-state index in [0.29, 0.717) is 24.0 Å². The van der Waals surface area contributed by atoms with Gasteiger partial charge in [-0.05, 0) is 36.2 Å². The van der Waals surface area contributed by atoms with E-state index in [-0.39, 0.29) is 24.0 Å². The molecule has 0 saturated carbocycles. The van der Waals surface area contributed by atoms with E-state index in [0.717, 1.165) is 43.3 Å². The summed E-state index contributed by atoms with van der Waals surface area (Å²) in [5.41, 5.74) is 1.10. The van der Waals surface area contributed by atoms with Gasteiger partial charge in [0, 0.05) is 39.1 Å². The first-order chi connectivity index (χ1) is 12.3. The van der Waals surface area contributed by atoms with Crippen LogP contribution in [0.3, 0.4) is 0 Å². The van der Waals surface area contributed by atoms with E-state index in [9.17, 15) is 0 Å². The zero-order valence-electron chi connectivity index (χ0n) is 14.7. The Morgan fingerprint density at radius 2 is 1.88 bits per heavy atom. The Bertz CT molecular complexity index is 722. The number of benzene rings is 1. The minimum atomic E-state index is 0. The van der Waals surface area contributed by atoms with Gasteiger partial charge in [-0.25, -0.2) is 0 Å². The van der Waals surface area contributed by atoms with Gasteiger partial charge in [0.15, 0.2) is 17.5 Å². The highest BCUT2D eigenvalue weighted by Crippen LogP contribution is 2.38. The van der Waals surface area contributed by atoms with Crippen molar-refractivity contribution >= 4 is 41.5 Å². The normalized spacial score (nSPS) is 13.1. The number of hydrogen-bond donors (Lipinski definition) is 2. The highest BCUT2D eigenvalue weighted by atomic mass is 127. The number of hydrogen-bond acceptors (Lipinski definition) is 3. The molecular formula is C18H24ClIN4O2. The van der Waals surface area contributed by atoms with E-state index < -0.39 is 0 Å². The molecule has 3 rings (SSSR count). The largest absolute Gasteiger partial charge is 0.486 e. The molecule has 2 N–H and O–H groups in total. The molecule has 0 radical (unpaired) electrons. The molecule has 8 heteroatoms. The van der Waals surface area contributed by atoms with E-state index in [1.807, 2.05) is 36.7 Å². The van der Waals surface area contributed by atoms with Crippen LogP contribution in [-0.2, 0) is 13.0 Å². The Kier molecular flexibility index (Phi) is 8.37. The van der Waals surface area contributed by atoms with E-state index in [1.54, 1.807) is 7.05 Å². The molecule has 1 aromatic heterocycles. The fourth-order valence-corrected chi connectivity index (χ4v) is 2.96. The summed E-state index contributed by atoms with van der Waals surface area (Å²) in [6, 6.07) is 7.96. The van der Waals surface area contributed by atoms with Gasteiger partial charge in [-0.2, -0.15) is 0 Å². The van der Waals surface area contributed by atoms with Gasteiger partial charge in [0.1, 0.15) is 13.2 Å². The fourth-order valence-electron chi connectivity index (χ4n) is 2.68. The first-order valence-corrected chi connectivity index (χ1v) is 8.77. The second kappa shape index (κ2) is 10.5. The Balaban J connectivity index is 0.00000243. The number of halogens is 2. The second-order valence-electron chi connectivity index (χ2n) is 5.70. The van der Waals surface area contributed by atoms with Crippen LogP contribution in [0.4, 0.5) is 0 Å². The van der Waals surface area contributed by atoms with Crippen LogP contribution in [0.2, 0.25) is 5.02 Å². The lowest BCUT2D eigenvalue weighted by Crippen LogP contribution is -2.39. The molecule has 1 aliphatic heterocycles. The van der Waals surface area contributed by atoms with E-state index in [2.05, 4.69) is 20.2 Å². The second-order valence-corrected chi connectivity index (χ2v) is 6.11. The Morgan fingerprint density at radius 3 is 2.65 bits per heavy atom. The van der Waals surface area contributed by atoms with Gasteiger partial charge in [-0.15, -0.1) is 24.0 Å². The maximum absolute atomic E-state index is 6.27. The van der Waals surface area contributed by atoms with Crippen LogP contribution in [0.15, 0.2) is 41.7 Å². The molecule has 2 aromatic rings. The van der Waals surface area contributed by atoms with Crippen LogP contribution >= 0.6 is 35.6 Å². The maximum Gasteiger partial charge on any atom is 0.191 e. The number of fused-ring (bicyclic) bond motifs is 1. The van der Waals surface area contributed by atoms with Crippen molar-refractivity contribution in [1.82, 2.24) is 15.2 Å². The van der Waals surface area contributed by atoms with Crippen LogP contribution in [0.25, 0.3) is 0 Å². The van der Waals surface area contributed by atoms with Crippen molar-refractivity contribution in [2.24, 2.45) is 4.99 Å². The van der Waals surface area contributed by atoms with Crippen LogP contribution in [0, 0.1) is 0 Å². The van der Waals surface area contributed by atoms with Gasteiger partial charge in [-0.3, -0.25) is 4.99 Å². The molecule has 2 heterocycles. The molecular weight excluding hydrogens is 467 g/mol. The molecule has 0 saturated heterocycles. The van der Waals surface area contributed by atoms with E-state index in [4.69, 9.17) is 21.1 Å². The van der Waals surface area contributed by atoms with Gasteiger partial charge in [0.2, 0.25) is 0 Å². The molecule has 0 fully saturated rings. The number of guanidine groups is 1. The lowest BCUT2D eigenvalue weighted by atomic mass is 10.1. The van der Waals surface area contributed by atoms with E-state index in [1.165, 1.54) is 0 Å². The van der Waals surface area contributed by atoms with Crippen LogP contribution in [0.1, 0.15) is 5.56 Å². The minimum absolute atomic E-state index is 0. The lowest BCUT2D eigenvalue weighted by Gasteiger charge is -2.20. The van der Waals surface area contributed by atoms with Crippen molar-refractivity contribution in [2.75, 3.05) is 33.4 Å². The molecule has 0 unspecified atom stereocenters. The third kappa shape index (κ3) is 5.70. The summed E-state index contributed by atoms with van der Waals surface area (Å²) < 4.78 is 13.3. The van der Waals surface area contributed by atoms with Gasteiger partial charge in [-0.1, -0.05) is 11.6 Å². The standard InChI is InChI=1S/C18H23ClN4O2.HI/c1-20-18(22-6-9-23-7-2-3-8-23)21-5-4-14-12-15(19)17-16(13-14)24-10-11-25-17;/h2-3,7-8,12-13H,4-6,9-11H2,1H3,(H2,20,21,22);1H. The molecule has 0 atom stereocenters. The summed E-state index contributed by atoms with van der Waals surface area (Å²) in [7, 11) is 1.77. The summed E-state index contributed by atoms with van der Waals surface area (Å²) in [6.07, 6.45) is 4.90. The van der Waals surface area contributed by atoms with Crippen molar-refractivity contribution < 1.29 is 9.47 Å². The molecule has 142 valence electrons. The zero-order valence-corrected chi connectivity index (χ0v) is 17.8. The van der Waals surface area contributed by atoms with Gasteiger partial charge in [0.25, 0.3) is 0 Å². The summed E-state index contributed by atoms with van der Waals surface area (Å²) in [5.74, 6) is 2.16. The van der Waals surface area contributed by atoms with Crippen molar-refractivity contribution in [3.63, 3.8) is 0 Å². The number of nitrogens with zero attached hydrogens (tertiary/aromatic N) is 2. The highest BCUT2D eigenvalue weighted by Gasteiger charge is 2.16. The predicted octanol–water partition coefficient (Wildman–Crippen LogP) is 2.94. The monoisotopic (exact) mass is 490 g/mol. The molecule has 0 amide bonds. The maximum atomic E-state index is 6.27. The van der Waals surface area contributed by atoms with Crippen LogP contribution in [0.5, 0.6) is 11.5 Å². The number of aliphatic imine (C=N–C) groups is 1. The van der Waals surface area contributed by atoms with Gasteiger partial charge in [0.05, 0.1) is 5.02 Å². The van der Waals surface area contributed by atoms with Crippen molar-refractivity contribution in [3.8, 4) is 11.5 Å². The average molecular weight is 491 g/mol. The molecule has 0 bridgehead atoms. The third-order valence-corrected chi connectivity index (χ3v) is 4.20. The van der Waals surface area contributed by atoms with Gasteiger partial charge >= 0.3 is 0 Å². The van der Waals surface area contributed by atoms with Crippen LogP contribution < -0.4 is 20.1 Å². The predicted molar refractivity (Wildman–Crippen MR) is 115 cm³/mol. The molecule has 1 aliphatic rings. The summed E-state index contributed by atoms with van der Waals surface area (Å²) in [5, 5.41) is 7.21. The Labute approximate surface area is 175 Å². The first kappa shape index (κ1) is 20.7. The topological polar surface area (TPSA) is 59.8 Å². The molecule has 1 aromatic carbocycles. The molecule has 26 heavy (non-hydrogen) atoms. The highest BCUT2D eigenvalue weighted by molar-refractivity contribution is 14.0. The van der Waals surface area contributed by atoms with Crippen molar-refractivity contribution in [3.05, 3.63) is 47.2 Å². The zero-order chi connectivity index (χ0) is 17.5. The summed E-state index contributed by atoms with van der Waals surface area (Å²) in [6.45, 7) is 3.55. The Hall–Kier alpha value is -1.61. The van der Waals surface area contributed by atoms with E-state index >= 15 is 0 Å². The Morgan fingerprint density at radius 1 is 1.15 bits per heavy atom. The molecule has 0 aliphatic carbocycles. The number of ether oxygens (including phenoxy) is 2. The van der Waals surface area contributed by atoms with Gasteiger partial charge < -0.3 is 24.7 Å². The first-order valence-electron chi connectivity index (χ1n) is 8.39. The SMILES string of the molecule is CN=C(NCCc1cc(Cl)c2c(c1)OCCO2)NCCn1cccc1.I. The lowest BCUT2D eigenvalue weighted by molar-refractivity contribution is 0.171. The van der Waals surface area contributed by atoms with Crippen molar-refractivity contribution in [2.45, 2.75) is 13.0 Å². The summed E-state index contributed by atoms with van der Waals surface area (Å²) >= 11 is 6.27. The van der Waals surface area contributed by atoms with Crippen LogP contribution in [-0.4, -0.2) is 43.9 Å². The smallest absolute Gasteiger partial charge is 0.191 e. The number of nitrogens with one attached hydrogen (secondary N) is 2. The molecule has 0 spiro atoms. The number of aromatic nitrogens is 1. The molecule has 6 nitrogen and oxygen atoms in total. The average Bonchev–Trinajstić information content (AvgIpc) is 3.14. The third-order valence-electron chi connectivity index (χ3n) is 3.91. The fraction of sp³-hybridized carbons (Fsp3) is 0.389. The van der Waals surface area contributed by atoms with Crippen molar-refractivity contribution in [1.29, 1.82) is 0 Å².